The lowest BCUT2D eigenvalue weighted by molar-refractivity contribution is -0.141. The van der Waals surface area contributed by atoms with E-state index in [0.717, 1.165) is 41.0 Å². The predicted octanol–water partition coefficient (Wildman–Crippen LogP) is 5.10. The fourth-order valence-corrected chi connectivity index (χ4v) is 3.31. The molecular formula is C18H18BrF3N4. The summed E-state index contributed by atoms with van der Waals surface area (Å²) in [6, 6.07) is 8.67. The van der Waals surface area contributed by atoms with E-state index in [1.165, 1.54) is 0 Å². The Labute approximate surface area is 158 Å². The molecule has 1 aliphatic heterocycles. The summed E-state index contributed by atoms with van der Waals surface area (Å²) >= 11 is 3.49. The molecule has 4 nitrogen and oxygen atoms in total. The second kappa shape index (κ2) is 7.65. The average Bonchev–Trinajstić information content (AvgIpc) is 2.63. The maximum Gasteiger partial charge on any atom is 0.433 e. The predicted molar refractivity (Wildman–Crippen MR) is 98.9 cm³/mol. The summed E-state index contributed by atoms with van der Waals surface area (Å²) < 4.78 is 39.4. The van der Waals surface area contributed by atoms with Crippen molar-refractivity contribution < 1.29 is 13.2 Å². The van der Waals surface area contributed by atoms with E-state index in [9.17, 15) is 13.2 Å². The van der Waals surface area contributed by atoms with Gasteiger partial charge in [-0.15, -0.1) is 0 Å². The first-order valence-electron chi connectivity index (χ1n) is 8.20. The molecule has 0 spiro atoms. The highest BCUT2D eigenvalue weighted by Gasteiger charge is 2.33. The van der Waals surface area contributed by atoms with Crippen molar-refractivity contribution in [2.75, 3.05) is 23.3 Å². The molecule has 0 atom stereocenters. The van der Waals surface area contributed by atoms with Crippen LogP contribution < -0.4 is 10.2 Å². The van der Waals surface area contributed by atoms with Crippen LogP contribution >= 0.6 is 15.9 Å². The smallest absolute Gasteiger partial charge is 0.358 e. The third-order valence-corrected chi connectivity index (χ3v) is 5.06. The number of alkyl halides is 3. The molecule has 3 rings (SSSR count). The fourth-order valence-electron chi connectivity index (χ4n) is 2.92. The SMILES string of the molecule is C=C(Nc1ccccc1Br)C1CCN(c2nccc(C(F)(F)F)n2)CC1. The standard InChI is InChI=1S/C18H18BrF3N4/c1-12(24-15-5-3-2-4-14(15)19)13-7-10-26(11-8-13)17-23-9-6-16(25-17)18(20,21)22/h2-6,9,13,24H,1,7-8,10-11H2. The molecule has 1 aromatic carbocycles. The van der Waals surface area contributed by atoms with Gasteiger partial charge in [0.1, 0.15) is 5.69 Å². The first-order chi connectivity index (χ1) is 12.3. The van der Waals surface area contributed by atoms with Gasteiger partial charge in [0.15, 0.2) is 0 Å². The van der Waals surface area contributed by atoms with Crippen molar-refractivity contribution in [1.82, 2.24) is 9.97 Å². The van der Waals surface area contributed by atoms with Crippen LogP contribution in [0.15, 0.2) is 53.3 Å². The number of halogens is 4. The van der Waals surface area contributed by atoms with E-state index in [1.807, 2.05) is 24.3 Å². The highest BCUT2D eigenvalue weighted by Crippen LogP contribution is 2.31. The molecule has 0 amide bonds. The van der Waals surface area contributed by atoms with Crippen LogP contribution in [0.2, 0.25) is 0 Å². The number of allylic oxidation sites excluding steroid dienone is 1. The minimum Gasteiger partial charge on any atom is -0.358 e. The number of aromatic nitrogens is 2. The van der Waals surface area contributed by atoms with Crippen molar-refractivity contribution >= 4 is 27.6 Å². The van der Waals surface area contributed by atoms with Gasteiger partial charge in [-0.2, -0.15) is 13.2 Å². The Hall–Kier alpha value is -2.09. The van der Waals surface area contributed by atoms with Crippen molar-refractivity contribution in [2.24, 2.45) is 5.92 Å². The van der Waals surface area contributed by atoms with Gasteiger partial charge in [0, 0.05) is 35.4 Å². The molecule has 26 heavy (non-hydrogen) atoms. The number of hydrogen-bond acceptors (Lipinski definition) is 4. The van der Waals surface area contributed by atoms with Gasteiger partial charge in [-0.3, -0.25) is 0 Å². The molecule has 0 radical (unpaired) electrons. The van der Waals surface area contributed by atoms with Crippen LogP contribution in [0.4, 0.5) is 24.8 Å². The molecule has 1 fully saturated rings. The van der Waals surface area contributed by atoms with E-state index >= 15 is 0 Å². The molecule has 1 aliphatic rings. The van der Waals surface area contributed by atoms with E-state index < -0.39 is 11.9 Å². The number of nitrogens with zero attached hydrogens (tertiary/aromatic N) is 3. The van der Waals surface area contributed by atoms with E-state index in [-0.39, 0.29) is 11.9 Å². The van der Waals surface area contributed by atoms with E-state index in [0.29, 0.717) is 13.1 Å². The van der Waals surface area contributed by atoms with Gasteiger partial charge in [0.2, 0.25) is 5.95 Å². The molecule has 8 heteroatoms. The third-order valence-electron chi connectivity index (χ3n) is 4.37. The average molecular weight is 427 g/mol. The Balaban J connectivity index is 1.61. The van der Waals surface area contributed by atoms with E-state index in [1.54, 1.807) is 4.90 Å². The highest BCUT2D eigenvalue weighted by atomic mass is 79.9. The zero-order chi connectivity index (χ0) is 18.7. The van der Waals surface area contributed by atoms with Gasteiger partial charge in [0.25, 0.3) is 0 Å². The van der Waals surface area contributed by atoms with Crippen LogP contribution in [0.25, 0.3) is 0 Å². The Kier molecular flexibility index (Phi) is 5.50. The van der Waals surface area contributed by atoms with Gasteiger partial charge in [-0.05, 0) is 47.0 Å². The number of anilines is 2. The zero-order valence-corrected chi connectivity index (χ0v) is 15.5. The summed E-state index contributed by atoms with van der Waals surface area (Å²) in [5.74, 6) is 0.367. The molecule has 0 saturated carbocycles. The quantitative estimate of drug-likeness (QED) is 0.738. The molecule has 1 N–H and O–H groups in total. The lowest BCUT2D eigenvalue weighted by atomic mass is 9.94. The van der Waals surface area contributed by atoms with Crippen LogP contribution in [0.1, 0.15) is 18.5 Å². The minimum absolute atomic E-state index is 0.127. The highest BCUT2D eigenvalue weighted by molar-refractivity contribution is 9.10. The third kappa shape index (κ3) is 4.35. The molecule has 0 unspecified atom stereocenters. The van der Waals surface area contributed by atoms with Crippen molar-refractivity contribution in [2.45, 2.75) is 19.0 Å². The maximum atomic E-state index is 12.8. The second-order valence-electron chi connectivity index (χ2n) is 6.13. The van der Waals surface area contributed by atoms with E-state index in [4.69, 9.17) is 0 Å². The first-order valence-corrected chi connectivity index (χ1v) is 8.99. The van der Waals surface area contributed by atoms with Crippen LogP contribution in [-0.2, 0) is 6.18 Å². The Bertz CT molecular complexity index is 786. The Morgan fingerprint density at radius 3 is 2.54 bits per heavy atom. The van der Waals surface area contributed by atoms with Gasteiger partial charge in [-0.25, -0.2) is 9.97 Å². The molecule has 1 aromatic heterocycles. The molecule has 0 aliphatic carbocycles. The maximum absolute atomic E-state index is 12.8. The van der Waals surface area contributed by atoms with Crippen molar-refractivity contribution in [3.8, 4) is 0 Å². The number of nitrogens with one attached hydrogen (secondary N) is 1. The summed E-state index contributed by atoms with van der Waals surface area (Å²) in [6.07, 6.45) is -1.76. The number of rotatable bonds is 4. The first kappa shape index (κ1) is 18.7. The minimum atomic E-state index is -4.46. The lowest BCUT2D eigenvalue weighted by Crippen LogP contribution is -2.36. The Morgan fingerprint density at radius 2 is 1.88 bits per heavy atom. The summed E-state index contributed by atoms with van der Waals surface area (Å²) in [5, 5.41) is 3.32. The van der Waals surface area contributed by atoms with Gasteiger partial charge >= 0.3 is 6.18 Å². The molecular weight excluding hydrogens is 409 g/mol. The van der Waals surface area contributed by atoms with Crippen LogP contribution in [0.5, 0.6) is 0 Å². The molecule has 0 bridgehead atoms. The van der Waals surface area contributed by atoms with E-state index in [2.05, 4.69) is 37.8 Å². The number of benzene rings is 1. The summed E-state index contributed by atoms with van der Waals surface area (Å²) in [7, 11) is 0. The van der Waals surface area contributed by atoms with Gasteiger partial charge < -0.3 is 10.2 Å². The van der Waals surface area contributed by atoms with Crippen molar-refractivity contribution in [1.29, 1.82) is 0 Å². The monoisotopic (exact) mass is 426 g/mol. The van der Waals surface area contributed by atoms with Crippen LogP contribution in [-0.4, -0.2) is 23.1 Å². The van der Waals surface area contributed by atoms with Crippen molar-refractivity contribution in [3.63, 3.8) is 0 Å². The number of hydrogen-bond donors (Lipinski definition) is 1. The van der Waals surface area contributed by atoms with Gasteiger partial charge in [0.05, 0.1) is 5.69 Å². The summed E-state index contributed by atoms with van der Waals surface area (Å²) in [5.41, 5.74) is 0.937. The van der Waals surface area contributed by atoms with Gasteiger partial charge in [-0.1, -0.05) is 18.7 Å². The molecule has 138 valence electrons. The lowest BCUT2D eigenvalue weighted by Gasteiger charge is -2.33. The van der Waals surface area contributed by atoms with Crippen molar-refractivity contribution in [3.05, 3.63) is 59.0 Å². The number of para-hydroxylation sites is 1. The topological polar surface area (TPSA) is 41.0 Å². The Morgan fingerprint density at radius 1 is 1.19 bits per heavy atom. The zero-order valence-electron chi connectivity index (χ0n) is 13.9. The van der Waals surface area contributed by atoms with Crippen LogP contribution in [0, 0.1) is 5.92 Å². The second-order valence-corrected chi connectivity index (χ2v) is 6.99. The summed E-state index contributed by atoms with van der Waals surface area (Å²) in [6.45, 7) is 5.30. The molecule has 2 heterocycles. The normalized spacial score (nSPS) is 15.8. The fraction of sp³-hybridized carbons (Fsp3) is 0.333. The summed E-state index contributed by atoms with van der Waals surface area (Å²) in [4.78, 5) is 9.45. The van der Waals surface area contributed by atoms with Crippen LogP contribution in [0.3, 0.4) is 0 Å². The molecule has 2 aromatic rings. The molecule has 1 saturated heterocycles. The largest absolute Gasteiger partial charge is 0.433 e. The number of piperidine rings is 1.